The van der Waals surface area contributed by atoms with E-state index in [0.29, 0.717) is 17.1 Å². The lowest BCUT2D eigenvalue weighted by Gasteiger charge is -2.32. The maximum Gasteiger partial charge on any atom is 0.264 e. The summed E-state index contributed by atoms with van der Waals surface area (Å²) in [4.78, 5) is 28.0. The second-order valence-electron chi connectivity index (χ2n) is 9.73. The van der Waals surface area contributed by atoms with E-state index in [-0.39, 0.29) is 29.0 Å². The van der Waals surface area contributed by atoms with E-state index in [4.69, 9.17) is 11.6 Å². The van der Waals surface area contributed by atoms with E-state index in [1.165, 1.54) is 4.90 Å². The Morgan fingerprint density at radius 2 is 1.56 bits per heavy atom. The van der Waals surface area contributed by atoms with Crippen molar-refractivity contribution in [1.29, 1.82) is 0 Å². The van der Waals surface area contributed by atoms with Gasteiger partial charge in [-0.3, -0.25) is 13.9 Å². The first-order valence-electron chi connectivity index (χ1n) is 12.6. The quantitative estimate of drug-likeness (QED) is 0.343. The number of rotatable bonds is 11. The first-order chi connectivity index (χ1) is 18.4. The molecule has 0 radical (unpaired) electrons. The van der Waals surface area contributed by atoms with Crippen molar-refractivity contribution in [1.82, 2.24) is 10.2 Å². The molecule has 0 aliphatic carbocycles. The highest BCUT2D eigenvalue weighted by molar-refractivity contribution is 7.92. The molecule has 3 rings (SSSR count). The third-order valence-corrected chi connectivity index (χ3v) is 8.31. The molecule has 2 amide bonds. The highest BCUT2D eigenvalue weighted by atomic mass is 35.5. The van der Waals surface area contributed by atoms with E-state index < -0.39 is 34.3 Å². The number of aryl methyl sites for hydroxylation is 1. The van der Waals surface area contributed by atoms with E-state index in [0.717, 1.165) is 34.1 Å². The zero-order valence-corrected chi connectivity index (χ0v) is 24.0. The Labute approximate surface area is 234 Å². The van der Waals surface area contributed by atoms with Crippen molar-refractivity contribution in [2.75, 3.05) is 17.4 Å². The van der Waals surface area contributed by atoms with Crippen molar-refractivity contribution < 1.29 is 22.4 Å². The van der Waals surface area contributed by atoms with E-state index in [2.05, 4.69) is 5.32 Å². The fourth-order valence-electron chi connectivity index (χ4n) is 3.82. The standard InChI is InChI=1S/C29H33ClFN3O4S/c1-20(2)17-32-29(36)22(4)33(18-23-7-5-6-8-27(23)30)28(35)19-34(25-13-9-21(3)10-14-25)39(37,38)26-15-11-24(31)12-16-26/h5-16,20,22H,17-19H2,1-4H3,(H,32,36)/t22-/m0/s1. The van der Waals surface area contributed by atoms with Crippen molar-refractivity contribution in [3.63, 3.8) is 0 Å². The molecule has 0 saturated carbocycles. The maximum atomic E-state index is 13.9. The molecule has 1 atom stereocenters. The minimum Gasteiger partial charge on any atom is -0.354 e. The summed E-state index contributed by atoms with van der Waals surface area (Å²) in [5.41, 5.74) is 1.77. The number of halogens is 2. The van der Waals surface area contributed by atoms with Gasteiger partial charge >= 0.3 is 0 Å². The van der Waals surface area contributed by atoms with E-state index in [9.17, 15) is 22.4 Å². The minimum atomic E-state index is -4.27. The van der Waals surface area contributed by atoms with Crippen molar-refractivity contribution in [2.45, 2.75) is 45.2 Å². The number of carbonyl (C=O) groups is 2. The van der Waals surface area contributed by atoms with Gasteiger partial charge in [0.15, 0.2) is 0 Å². The van der Waals surface area contributed by atoms with Crippen molar-refractivity contribution in [2.24, 2.45) is 5.92 Å². The van der Waals surface area contributed by atoms with Gasteiger partial charge in [0.25, 0.3) is 10.0 Å². The fraction of sp³-hybridized carbons (Fsp3) is 0.310. The van der Waals surface area contributed by atoms with Gasteiger partial charge in [0.2, 0.25) is 11.8 Å². The normalized spacial score (nSPS) is 12.2. The van der Waals surface area contributed by atoms with Crippen LogP contribution in [0.5, 0.6) is 0 Å². The summed E-state index contributed by atoms with van der Waals surface area (Å²) in [7, 11) is -4.27. The average molecular weight is 574 g/mol. The molecular formula is C29H33ClFN3O4S. The van der Waals surface area contributed by atoms with Gasteiger partial charge in [-0.2, -0.15) is 0 Å². The number of hydrogen-bond acceptors (Lipinski definition) is 4. The molecule has 0 bridgehead atoms. The van der Waals surface area contributed by atoms with Crippen LogP contribution in [0.4, 0.5) is 10.1 Å². The number of nitrogens with zero attached hydrogens (tertiary/aromatic N) is 2. The lowest BCUT2D eigenvalue weighted by atomic mass is 10.1. The summed E-state index contributed by atoms with van der Waals surface area (Å²) in [5, 5.41) is 3.25. The molecule has 0 aliphatic rings. The molecule has 0 heterocycles. The summed E-state index contributed by atoms with van der Waals surface area (Å²) >= 11 is 6.37. The molecular weight excluding hydrogens is 541 g/mol. The van der Waals surface area contributed by atoms with Gasteiger partial charge in [0.1, 0.15) is 18.4 Å². The van der Waals surface area contributed by atoms with Gasteiger partial charge in [0, 0.05) is 18.1 Å². The van der Waals surface area contributed by atoms with Gasteiger partial charge in [-0.15, -0.1) is 0 Å². The zero-order valence-electron chi connectivity index (χ0n) is 22.4. The third kappa shape index (κ3) is 7.80. The molecule has 0 saturated heterocycles. The van der Waals surface area contributed by atoms with E-state index in [1.807, 2.05) is 20.8 Å². The predicted molar refractivity (Wildman–Crippen MR) is 151 cm³/mol. The van der Waals surface area contributed by atoms with Crippen LogP contribution in [0, 0.1) is 18.7 Å². The average Bonchev–Trinajstić information content (AvgIpc) is 2.90. The Hall–Kier alpha value is -3.43. The smallest absolute Gasteiger partial charge is 0.264 e. The topological polar surface area (TPSA) is 86.8 Å². The van der Waals surface area contributed by atoms with Crippen LogP contribution in [-0.2, 0) is 26.2 Å². The molecule has 0 spiro atoms. The molecule has 0 aromatic heterocycles. The molecule has 3 aromatic carbocycles. The number of amides is 2. The zero-order chi connectivity index (χ0) is 28.7. The largest absolute Gasteiger partial charge is 0.354 e. The van der Waals surface area contributed by atoms with Gasteiger partial charge in [-0.25, -0.2) is 12.8 Å². The summed E-state index contributed by atoms with van der Waals surface area (Å²) in [6.07, 6.45) is 0. The second kappa shape index (κ2) is 13.1. The Morgan fingerprint density at radius 3 is 2.15 bits per heavy atom. The molecule has 7 nitrogen and oxygen atoms in total. The predicted octanol–water partition coefficient (Wildman–Crippen LogP) is 5.17. The van der Waals surface area contributed by atoms with E-state index >= 15 is 0 Å². The van der Waals surface area contributed by atoms with Crippen LogP contribution in [0.3, 0.4) is 0 Å². The summed E-state index contributed by atoms with van der Waals surface area (Å²) < 4.78 is 42.0. The van der Waals surface area contributed by atoms with Gasteiger partial charge < -0.3 is 10.2 Å². The number of benzene rings is 3. The van der Waals surface area contributed by atoms with Crippen molar-refractivity contribution in [3.8, 4) is 0 Å². The van der Waals surface area contributed by atoms with Crippen LogP contribution in [0.1, 0.15) is 31.9 Å². The molecule has 0 unspecified atom stereocenters. The third-order valence-electron chi connectivity index (χ3n) is 6.15. The fourth-order valence-corrected chi connectivity index (χ4v) is 5.43. The molecule has 0 fully saturated rings. The van der Waals surface area contributed by atoms with Gasteiger partial charge in [-0.1, -0.05) is 61.3 Å². The molecule has 10 heteroatoms. The van der Waals surface area contributed by atoms with E-state index in [1.54, 1.807) is 55.5 Å². The lowest BCUT2D eigenvalue weighted by molar-refractivity contribution is -0.139. The Morgan fingerprint density at radius 1 is 0.949 bits per heavy atom. The molecule has 1 N–H and O–H groups in total. The monoisotopic (exact) mass is 573 g/mol. The minimum absolute atomic E-state index is 0.00684. The SMILES string of the molecule is Cc1ccc(N(CC(=O)N(Cc2ccccc2Cl)[C@@H](C)C(=O)NCC(C)C)S(=O)(=O)c2ccc(F)cc2)cc1. The van der Waals surface area contributed by atoms with Crippen LogP contribution in [-0.4, -0.2) is 44.3 Å². The molecule has 39 heavy (non-hydrogen) atoms. The molecule has 0 aliphatic heterocycles. The Balaban J connectivity index is 2.01. The number of nitrogens with one attached hydrogen (secondary N) is 1. The summed E-state index contributed by atoms with van der Waals surface area (Å²) in [5.74, 6) is -1.36. The number of sulfonamides is 1. The number of carbonyl (C=O) groups excluding carboxylic acids is 2. The van der Waals surface area contributed by atoms with Crippen LogP contribution in [0.15, 0.2) is 77.7 Å². The van der Waals surface area contributed by atoms with Crippen LogP contribution >= 0.6 is 11.6 Å². The van der Waals surface area contributed by atoms with Crippen LogP contribution in [0.25, 0.3) is 0 Å². The Kier molecular flexibility index (Phi) is 10.1. The maximum absolute atomic E-state index is 13.9. The second-order valence-corrected chi connectivity index (χ2v) is 12.0. The van der Waals surface area contributed by atoms with Gasteiger partial charge in [0.05, 0.1) is 10.6 Å². The molecule has 3 aromatic rings. The number of hydrogen-bond donors (Lipinski definition) is 1. The first kappa shape index (κ1) is 30.1. The Bertz CT molecular complexity index is 1400. The summed E-state index contributed by atoms with van der Waals surface area (Å²) in [6.45, 7) is 7.19. The number of anilines is 1. The van der Waals surface area contributed by atoms with Crippen molar-refractivity contribution >= 4 is 39.1 Å². The van der Waals surface area contributed by atoms with Crippen LogP contribution < -0.4 is 9.62 Å². The summed E-state index contributed by atoms with van der Waals surface area (Å²) in [6, 6.07) is 17.1. The first-order valence-corrected chi connectivity index (χ1v) is 14.4. The van der Waals surface area contributed by atoms with Crippen molar-refractivity contribution in [3.05, 3.63) is 94.8 Å². The van der Waals surface area contributed by atoms with Gasteiger partial charge in [-0.05, 0) is 67.8 Å². The van der Waals surface area contributed by atoms with Crippen LogP contribution in [0.2, 0.25) is 5.02 Å². The lowest BCUT2D eigenvalue weighted by Crippen LogP contribution is -2.51. The highest BCUT2D eigenvalue weighted by Crippen LogP contribution is 2.26. The molecule has 208 valence electrons. The highest BCUT2D eigenvalue weighted by Gasteiger charge is 2.32.